The van der Waals surface area contributed by atoms with Crippen molar-refractivity contribution >= 4 is 12.4 Å². The number of benzene rings is 1. The van der Waals surface area contributed by atoms with E-state index in [0.29, 0.717) is 12.5 Å². The van der Waals surface area contributed by atoms with Crippen LogP contribution in [0.3, 0.4) is 0 Å². The fourth-order valence-corrected chi connectivity index (χ4v) is 2.37. The largest absolute Gasteiger partial charge is 0.492 e. The molecule has 0 radical (unpaired) electrons. The Morgan fingerprint density at radius 2 is 2.05 bits per heavy atom. The molecule has 0 saturated carbocycles. The minimum Gasteiger partial charge on any atom is -0.492 e. The summed E-state index contributed by atoms with van der Waals surface area (Å²) in [4.78, 5) is 2.39. The lowest BCUT2D eigenvalue weighted by atomic mass is 9.98. The first kappa shape index (κ1) is 16.2. The van der Waals surface area contributed by atoms with Crippen molar-refractivity contribution < 1.29 is 9.13 Å². The van der Waals surface area contributed by atoms with Crippen LogP contribution in [0.25, 0.3) is 0 Å². The number of piperidine rings is 1. The van der Waals surface area contributed by atoms with Crippen molar-refractivity contribution in [1.29, 1.82) is 0 Å². The van der Waals surface area contributed by atoms with Gasteiger partial charge in [0.2, 0.25) is 0 Å². The summed E-state index contributed by atoms with van der Waals surface area (Å²) in [6.07, 6.45) is 2.46. The molecule has 1 heterocycles. The number of nitrogens with two attached hydrogens (primary N) is 1. The summed E-state index contributed by atoms with van der Waals surface area (Å²) in [5.74, 6) is 1.12. The lowest BCUT2D eigenvalue weighted by Gasteiger charge is -2.31. The molecule has 1 unspecified atom stereocenters. The van der Waals surface area contributed by atoms with Crippen LogP contribution in [0, 0.1) is 11.7 Å². The molecule has 108 valence electrons. The monoisotopic (exact) mass is 288 g/mol. The van der Waals surface area contributed by atoms with Gasteiger partial charge in [0.1, 0.15) is 18.2 Å². The zero-order valence-corrected chi connectivity index (χ0v) is 11.9. The Morgan fingerprint density at radius 3 is 2.74 bits per heavy atom. The molecule has 1 aliphatic heterocycles. The molecular weight excluding hydrogens is 267 g/mol. The van der Waals surface area contributed by atoms with Crippen LogP contribution in [-0.2, 0) is 0 Å². The molecule has 1 aromatic rings. The van der Waals surface area contributed by atoms with Crippen LogP contribution in [0.15, 0.2) is 24.3 Å². The number of nitrogens with zero attached hydrogens (tertiary/aromatic N) is 1. The third kappa shape index (κ3) is 5.35. The lowest BCUT2D eigenvalue weighted by molar-refractivity contribution is 0.149. The summed E-state index contributed by atoms with van der Waals surface area (Å²) >= 11 is 0. The summed E-state index contributed by atoms with van der Waals surface area (Å²) in [5, 5.41) is 0. The summed E-state index contributed by atoms with van der Waals surface area (Å²) < 4.78 is 18.3. The van der Waals surface area contributed by atoms with Crippen LogP contribution in [0.5, 0.6) is 5.75 Å². The fraction of sp³-hybridized carbons (Fsp3) is 0.571. The maximum atomic E-state index is 12.7. The maximum absolute atomic E-state index is 12.7. The van der Waals surface area contributed by atoms with E-state index in [9.17, 15) is 4.39 Å². The van der Waals surface area contributed by atoms with E-state index in [1.807, 2.05) is 0 Å². The van der Waals surface area contributed by atoms with E-state index in [2.05, 4.69) is 4.90 Å². The average Bonchev–Trinajstić information content (AvgIpc) is 2.41. The third-order valence-electron chi connectivity index (χ3n) is 3.43. The second-order valence-electron chi connectivity index (χ2n) is 4.85. The zero-order chi connectivity index (χ0) is 12.8. The highest BCUT2D eigenvalue weighted by atomic mass is 35.5. The van der Waals surface area contributed by atoms with Crippen molar-refractivity contribution in [3.63, 3.8) is 0 Å². The Morgan fingerprint density at radius 1 is 1.32 bits per heavy atom. The van der Waals surface area contributed by atoms with Crippen LogP contribution in [0.2, 0.25) is 0 Å². The molecule has 19 heavy (non-hydrogen) atoms. The quantitative estimate of drug-likeness (QED) is 0.903. The van der Waals surface area contributed by atoms with Gasteiger partial charge in [-0.15, -0.1) is 12.4 Å². The summed E-state index contributed by atoms with van der Waals surface area (Å²) in [6.45, 7) is 4.53. The lowest BCUT2D eigenvalue weighted by Crippen LogP contribution is -2.40. The predicted octanol–water partition coefficient (Wildman–Crippen LogP) is 2.30. The number of hydrogen-bond donors (Lipinski definition) is 1. The Bertz CT molecular complexity index is 361. The number of hydrogen-bond acceptors (Lipinski definition) is 3. The van der Waals surface area contributed by atoms with Crippen LogP contribution < -0.4 is 10.5 Å². The topological polar surface area (TPSA) is 38.5 Å². The predicted molar refractivity (Wildman–Crippen MR) is 77.4 cm³/mol. The first-order valence-corrected chi connectivity index (χ1v) is 6.58. The van der Waals surface area contributed by atoms with E-state index in [0.717, 1.165) is 31.9 Å². The maximum Gasteiger partial charge on any atom is 0.123 e. The molecule has 0 bridgehead atoms. The highest BCUT2D eigenvalue weighted by Crippen LogP contribution is 2.15. The second kappa shape index (κ2) is 8.35. The highest BCUT2D eigenvalue weighted by molar-refractivity contribution is 5.85. The van der Waals surface area contributed by atoms with E-state index in [1.54, 1.807) is 12.1 Å². The number of ether oxygens (including phenoxy) is 1. The van der Waals surface area contributed by atoms with Crippen molar-refractivity contribution in [1.82, 2.24) is 4.90 Å². The first-order chi connectivity index (χ1) is 8.78. The van der Waals surface area contributed by atoms with Crippen molar-refractivity contribution in [2.24, 2.45) is 11.7 Å². The van der Waals surface area contributed by atoms with Crippen molar-refractivity contribution in [3.05, 3.63) is 30.1 Å². The number of halogens is 2. The van der Waals surface area contributed by atoms with E-state index in [4.69, 9.17) is 10.5 Å². The van der Waals surface area contributed by atoms with Crippen LogP contribution in [0.4, 0.5) is 4.39 Å². The van der Waals surface area contributed by atoms with Crippen molar-refractivity contribution in [2.45, 2.75) is 12.8 Å². The highest BCUT2D eigenvalue weighted by Gasteiger charge is 2.18. The molecule has 0 amide bonds. The van der Waals surface area contributed by atoms with Crippen molar-refractivity contribution in [2.75, 3.05) is 32.8 Å². The second-order valence-corrected chi connectivity index (χ2v) is 4.85. The summed E-state index contributed by atoms with van der Waals surface area (Å²) in [5.41, 5.74) is 5.71. The molecule has 0 aliphatic carbocycles. The minimum atomic E-state index is -0.232. The number of rotatable bonds is 5. The Kier molecular flexibility index (Phi) is 7.13. The van der Waals surface area contributed by atoms with E-state index in [1.165, 1.54) is 25.0 Å². The molecule has 0 aromatic heterocycles. The molecular formula is C14H22ClFN2O. The molecule has 1 saturated heterocycles. The Balaban J connectivity index is 0.00000180. The normalized spacial score (nSPS) is 19.8. The van der Waals surface area contributed by atoms with Gasteiger partial charge in [-0.1, -0.05) is 0 Å². The van der Waals surface area contributed by atoms with Crippen LogP contribution in [0.1, 0.15) is 12.8 Å². The van der Waals surface area contributed by atoms with Gasteiger partial charge in [-0.05, 0) is 56.1 Å². The average molecular weight is 289 g/mol. The van der Waals surface area contributed by atoms with Gasteiger partial charge < -0.3 is 10.5 Å². The molecule has 1 atom stereocenters. The molecule has 1 aromatic carbocycles. The molecule has 0 spiro atoms. The standard InChI is InChI=1S/C14H21FN2O.ClH/c15-13-3-5-14(6-4-13)18-9-8-17-7-1-2-12(10-16)11-17;/h3-6,12H,1-2,7-11,16H2;1H. The summed E-state index contributed by atoms with van der Waals surface area (Å²) in [6, 6.07) is 6.16. The summed E-state index contributed by atoms with van der Waals surface area (Å²) in [7, 11) is 0. The Labute approximate surface area is 120 Å². The van der Waals surface area contributed by atoms with Gasteiger partial charge in [0.25, 0.3) is 0 Å². The van der Waals surface area contributed by atoms with Crippen LogP contribution >= 0.6 is 12.4 Å². The first-order valence-electron chi connectivity index (χ1n) is 6.58. The molecule has 1 aliphatic rings. The van der Waals surface area contributed by atoms with E-state index < -0.39 is 0 Å². The molecule has 2 rings (SSSR count). The van der Waals surface area contributed by atoms with E-state index >= 15 is 0 Å². The van der Waals surface area contributed by atoms with Gasteiger partial charge in [-0.2, -0.15) is 0 Å². The fourth-order valence-electron chi connectivity index (χ4n) is 2.37. The molecule has 3 nitrogen and oxygen atoms in total. The van der Waals surface area contributed by atoms with Gasteiger partial charge >= 0.3 is 0 Å². The van der Waals surface area contributed by atoms with Gasteiger partial charge in [0, 0.05) is 13.1 Å². The van der Waals surface area contributed by atoms with E-state index in [-0.39, 0.29) is 18.2 Å². The van der Waals surface area contributed by atoms with Crippen LogP contribution in [-0.4, -0.2) is 37.7 Å². The van der Waals surface area contributed by atoms with Gasteiger partial charge in [-0.25, -0.2) is 4.39 Å². The van der Waals surface area contributed by atoms with Gasteiger partial charge in [0.15, 0.2) is 0 Å². The Hall–Kier alpha value is -0.840. The van der Waals surface area contributed by atoms with Gasteiger partial charge in [0.05, 0.1) is 0 Å². The zero-order valence-electron chi connectivity index (χ0n) is 11.1. The minimum absolute atomic E-state index is 0. The SMILES string of the molecule is Cl.NCC1CCCN(CCOc2ccc(F)cc2)C1. The van der Waals surface area contributed by atoms with Crippen molar-refractivity contribution in [3.8, 4) is 5.75 Å². The third-order valence-corrected chi connectivity index (χ3v) is 3.43. The number of likely N-dealkylation sites (tertiary alicyclic amines) is 1. The van der Waals surface area contributed by atoms with Gasteiger partial charge in [-0.3, -0.25) is 4.90 Å². The molecule has 5 heteroatoms. The smallest absolute Gasteiger partial charge is 0.123 e. The molecule has 2 N–H and O–H groups in total. The molecule has 1 fully saturated rings.